The summed E-state index contributed by atoms with van der Waals surface area (Å²) < 4.78 is 1.70. The van der Waals surface area contributed by atoms with Gasteiger partial charge >= 0.3 is 6.03 Å². The number of nitrogens with zero attached hydrogens (tertiary/aromatic N) is 3. The summed E-state index contributed by atoms with van der Waals surface area (Å²) in [5.74, 6) is 0.908. The van der Waals surface area contributed by atoms with Crippen LogP contribution in [0.1, 0.15) is 38.3 Å². The fourth-order valence-corrected chi connectivity index (χ4v) is 2.89. The van der Waals surface area contributed by atoms with Gasteiger partial charge in [-0.15, -0.1) is 0 Å². The van der Waals surface area contributed by atoms with E-state index in [1.807, 2.05) is 13.1 Å². The SMILES string of the molecule is CCCc1cc(NC(=O)N(C)CC2CCCC2O)n(C)n1. The molecule has 0 aromatic carbocycles. The van der Waals surface area contributed by atoms with Gasteiger partial charge in [0.1, 0.15) is 5.82 Å². The van der Waals surface area contributed by atoms with Crippen LogP contribution in [-0.2, 0) is 13.5 Å². The molecule has 0 saturated heterocycles. The molecule has 0 aliphatic heterocycles. The van der Waals surface area contributed by atoms with E-state index in [1.54, 1.807) is 16.6 Å². The molecular formula is C15H26N4O2. The maximum absolute atomic E-state index is 12.2. The number of carbonyl (C=O) groups is 1. The summed E-state index contributed by atoms with van der Waals surface area (Å²) in [7, 11) is 3.60. The average molecular weight is 294 g/mol. The number of rotatable bonds is 5. The van der Waals surface area contributed by atoms with Crippen molar-refractivity contribution in [1.82, 2.24) is 14.7 Å². The highest BCUT2D eigenvalue weighted by Crippen LogP contribution is 2.26. The molecule has 6 nitrogen and oxygen atoms in total. The first-order valence-corrected chi connectivity index (χ1v) is 7.74. The van der Waals surface area contributed by atoms with Crippen LogP contribution in [0.25, 0.3) is 0 Å². The average Bonchev–Trinajstić information content (AvgIpc) is 2.97. The van der Waals surface area contributed by atoms with Gasteiger partial charge in [-0.1, -0.05) is 19.8 Å². The van der Waals surface area contributed by atoms with Crippen molar-refractivity contribution in [2.45, 2.75) is 45.1 Å². The van der Waals surface area contributed by atoms with E-state index in [2.05, 4.69) is 17.3 Å². The lowest BCUT2D eigenvalue weighted by Crippen LogP contribution is -2.37. The van der Waals surface area contributed by atoms with E-state index in [0.717, 1.165) is 37.8 Å². The van der Waals surface area contributed by atoms with Crippen LogP contribution < -0.4 is 5.32 Å². The van der Waals surface area contributed by atoms with Crippen molar-refractivity contribution >= 4 is 11.8 Å². The Kier molecular flexibility index (Phi) is 5.22. The van der Waals surface area contributed by atoms with Crippen molar-refractivity contribution in [2.75, 3.05) is 18.9 Å². The van der Waals surface area contributed by atoms with Gasteiger partial charge in [-0.25, -0.2) is 4.79 Å². The fourth-order valence-electron chi connectivity index (χ4n) is 2.89. The third-order valence-corrected chi connectivity index (χ3v) is 4.15. The Morgan fingerprint density at radius 2 is 2.33 bits per heavy atom. The van der Waals surface area contributed by atoms with Gasteiger partial charge in [0.25, 0.3) is 0 Å². The first kappa shape index (κ1) is 15.8. The Labute approximate surface area is 126 Å². The third-order valence-electron chi connectivity index (χ3n) is 4.15. The summed E-state index contributed by atoms with van der Waals surface area (Å²) in [6, 6.07) is 1.76. The van der Waals surface area contributed by atoms with E-state index in [-0.39, 0.29) is 18.1 Å². The summed E-state index contributed by atoms with van der Waals surface area (Å²) in [4.78, 5) is 13.9. The van der Waals surface area contributed by atoms with Crippen LogP contribution in [0, 0.1) is 5.92 Å². The van der Waals surface area contributed by atoms with Crippen molar-refractivity contribution in [3.05, 3.63) is 11.8 Å². The van der Waals surface area contributed by atoms with E-state index in [4.69, 9.17) is 0 Å². The number of aryl methyl sites for hydroxylation is 2. The van der Waals surface area contributed by atoms with Crippen molar-refractivity contribution in [3.8, 4) is 0 Å². The summed E-state index contributed by atoms with van der Waals surface area (Å²) in [5.41, 5.74) is 0.990. The molecule has 1 saturated carbocycles. The van der Waals surface area contributed by atoms with Crippen molar-refractivity contribution in [1.29, 1.82) is 0 Å². The molecule has 6 heteroatoms. The maximum atomic E-state index is 12.2. The molecule has 2 rings (SSSR count). The smallest absolute Gasteiger partial charge is 0.322 e. The summed E-state index contributed by atoms with van der Waals surface area (Å²) in [6.45, 7) is 2.69. The van der Waals surface area contributed by atoms with E-state index >= 15 is 0 Å². The number of carbonyl (C=O) groups excluding carboxylic acids is 1. The Hall–Kier alpha value is -1.56. The summed E-state index contributed by atoms with van der Waals surface area (Å²) in [5, 5.41) is 17.1. The monoisotopic (exact) mass is 294 g/mol. The molecule has 0 spiro atoms. The third kappa shape index (κ3) is 3.97. The standard InChI is InChI=1S/C15H26N4O2/c1-4-6-12-9-14(19(3)17-12)16-15(21)18(2)10-11-7-5-8-13(11)20/h9,11,13,20H,4-8,10H2,1-3H3,(H,16,21). The number of aromatic nitrogens is 2. The van der Waals surface area contributed by atoms with Crippen LogP contribution in [-0.4, -0.2) is 45.5 Å². The second-order valence-electron chi connectivity index (χ2n) is 5.96. The molecule has 1 fully saturated rings. The van der Waals surface area contributed by atoms with Gasteiger partial charge in [0.2, 0.25) is 0 Å². The highest BCUT2D eigenvalue weighted by Gasteiger charge is 2.27. The van der Waals surface area contributed by atoms with Crippen molar-refractivity contribution in [3.63, 3.8) is 0 Å². The quantitative estimate of drug-likeness (QED) is 0.872. The number of anilines is 1. The van der Waals surface area contributed by atoms with Gasteiger partial charge in [0, 0.05) is 32.6 Å². The lowest BCUT2D eigenvalue weighted by atomic mass is 10.1. The fraction of sp³-hybridized carbons (Fsp3) is 0.733. The molecule has 21 heavy (non-hydrogen) atoms. The minimum absolute atomic E-state index is 0.153. The second kappa shape index (κ2) is 6.93. The van der Waals surface area contributed by atoms with Crippen molar-refractivity contribution < 1.29 is 9.90 Å². The van der Waals surface area contributed by atoms with Crippen LogP contribution in [0.2, 0.25) is 0 Å². The minimum atomic E-state index is -0.270. The molecule has 1 heterocycles. The largest absolute Gasteiger partial charge is 0.393 e. The molecule has 118 valence electrons. The van der Waals surface area contributed by atoms with E-state index in [0.29, 0.717) is 12.4 Å². The molecule has 0 bridgehead atoms. The molecular weight excluding hydrogens is 268 g/mol. The van der Waals surface area contributed by atoms with Crippen LogP contribution >= 0.6 is 0 Å². The van der Waals surface area contributed by atoms with Gasteiger partial charge in [0.15, 0.2) is 0 Å². The lowest BCUT2D eigenvalue weighted by molar-refractivity contribution is 0.116. The van der Waals surface area contributed by atoms with Crippen molar-refractivity contribution in [2.24, 2.45) is 13.0 Å². The number of aliphatic hydroxyl groups is 1. The Morgan fingerprint density at radius 3 is 2.95 bits per heavy atom. The van der Waals surface area contributed by atoms with Gasteiger partial charge in [-0.3, -0.25) is 10.00 Å². The molecule has 2 amide bonds. The molecule has 1 aliphatic rings. The second-order valence-corrected chi connectivity index (χ2v) is 5.96. The molecule has 1 aliphatic carbocycles. The number of hydrogen-bond donors (Lipinski definition) is 2. The van der Waals surface area contributed by atoms with Crippen LogP contribution in [0.15, 0.2) is 6.07 Å². The molecule has 2 unspecified atom stereocenters. The number of nitrogens with one attached hydrogen (secondary N) is 1. The van der Waals surface area contributed by atoms with Gasteiger partial charge in [-0.05, 0) is 19.3 Å². The highest BCUT2D eigenvalue weighted by atomic mass is 16.3. The predicted octanol–water partition coefficient (Wildman–Crippen LogP) is 2.00. The number of aliphatic hydroxyl groups excluding tert-OH is 1. The molecule has 1 aromatic rings. The van der Waals surface area contributed by atoms with Gasteiger partial charge < -0.3 is 10.0 Å². The Balaban J connectivity index is 1.91. The van der Waals surface area contributed by atoms with E-state index < -0.39 is 0 Å². The van der Waals surface area contributed by atoms with Crippen LogP contribution in [0.3, 0.4) is 0 Å². The molecule has 2 N–H and O–H groups in total. The first-order chi connectivity index (χ1) is 10.0. The highest BCUT2D eigenvalue weighted by molar-refractivity contribution is 5.88. The first-order valence-electron chi connectivity index (χ1n) is 7.74. The maximum Gasteiger partial charge on any atom is 0.322 e. The molecule has 2 atom stereocenters. The Bertz CT molecular complexity index is 486. The lowest BCUT2D eigenvalue weighted by Gasteiger charge is -2.23. The summed E-state index contributed by atoms with van der Waals surface area (Å²) in [6.07, 6.45) is 4.56. The van der Waals surface area contributed by atoms with Gasteiger partial charge in [0.05, 0.1) is 11.8 Å². The number of amides is 2. The number of hydrogen-bond acceptors (Lipinski definition) is 3. The zero-order chi connectivity index (χ0) is 15.4. The van der Waals surface area contributed by atoms with Crippen LogP contribution in [0.4, 0.5) is 10.6 Å². The van der Waals surface area contributed by atoms with Gasteiger partial charge in [-0.2, -0.15) is 5.10 Å². The molecule has 0 radical (unpaired) electrons. The van der Waals surface area contributed by atoms with E-state index in [9.17, 15) is 9.90 Å². The van der Waals surface area contributed by atoms with E-state index in [1.165, 1.54) is 0 Å². The minimum Gasteiger partial charge on any atom is -0.393 e. The Morgan fingerprint density at radius 1 is 1.57 bits per heavy atom. The van der Waals surface area contributed by atoms with Crippen LogP contribution in [0.5, 0.6) is 0 Å². The molecule has 1 aromatic heterocycles. The predicted molar refractivity (Wildman–Crippen MR) is 82.2 cm³/mol. The topological polar surface area (TPSA) is 70.4 Å². The summed E-state index contributed by atoms with van der Waals surface area (Å²) >= 11 is 0. The normalized spacial score (nSPS) is 21.5. The zero-order valence-electron chi connectivity index (χ0n) is 13.2. The zero-order valence-corrected chi connectivity index (χ0v) is 13.2. The number of urea groups is 1.